The van der Waals surface area contributed by atoms with E-state index in [2.05, 4.69) is 0 Å². The molecule has 0 saturated carbocycles. The molecule has 0 spiro atoms. The van der Waals surface area contributed by atoms with Gasteiger partial charge in [0.2, 0.25) is 0 Å². The fraction of sp³-hybridized carbons (Fsp3) is 0.842. The quantitative estimate of drug-likeness (QED) is 0.282. The fourth-order valence-electron chi connectivity index (χ4n) is 1.89. The van der Waals surface area contributed by atoms with Crippen LogP contribution in [0.4, 0.5) is 0 Å². The molecule has 154 valence electrons. The molecule has 0 aromatic rings. The second kappa shape index (κ2) is 15.6. The van der Waals surface area contributed by atoms with Gasteiger partial charge in [-0.05, 0) is 19.3 Å². The molecule has 7 heteroatoms. The molecule has 0 rings (SSSR count). The van der Waals surface area contributed by atoms with Crippen LogP contribution in [0.5, 0.6) is 0 Å². The van der Waals surface area contributed by atoms with Crippen LogP contribution in [0.25, 0.3) is 0 Å². The Morgan fingerprint density at radius 2 is 1.08 bits per heavy atom. The summed E-state index contributed by atoms with van der Waals surface area (Å²) in [5.41, 5.74) is -2.26. The van der Waals surface area contributed by atoms with Crippen molar-refractivity contribution in [2.24, 2.45) is 0 Å². The molecule has 0 fully saturated rings. The van der Waals surface area contributed by atoms with Gasteiger partial charge in [-0.3, -0.25) is 9.59 Å². The zero-order valence-electron chi connectivity index (χ0n) is 15.7. The van der Waals surface area contributed by atoms with E-state index in [0.717, 1.165) is 19.3 Å². The number of rotatable bonds is 14. The van der Waals surface area contributed by atoms with Gasteiger partial charge in [0.15, 0.2) is 5.60 Å². The van der Waals surface area contributed by atoms with Crippen molar-refractivity contribution in [3.8, 4) is 0 Å². The smallest absolute Gasteiger partial charge is 0.339 e. The maximum Gasteiger partial charge on any atom is 0.339 e. The standard InChI is InChI=1S/C18H32O7.CH4/c1-4-7-10-23-15(19)13-18(22,17(21)25-12-9-6-3)14-16(20)24-11-8-5-2;/h22H,4-14H2,1-3H3;1H4. The predicted molar refractivity (Wildman–Crippen MR) is 98.5 cm³/mol. The molecule has 0 atom stereocenters. The summed E-state index contributed by atoms with van der Waals surface area (Å²) in [7, 11) is 0. The molecule has 0 aliphatic heterocycles. The Kier molecular flexibility index (Phi) is 16.0. The SMILES string of the molecule is C.CCCCOC(=O)CC(O)(CC(=O)OCCCC)C(=O)OCCCC. The molecule has 0 bridgehead atoms. The van der Waals surface area contributed by atoms with Gasteiger partial charge in [0, 0.05) is 0 Å². The van der Waals surface area contributed by atoms with Crippen molar-refractivity contribution in [2.45, 2.75) is 85.2 Å². The number of esters is 3. The molecule has 0 saturated heterocycles. The van der Waals surface area contributed by atoms with E-state index < -0.39 is 36.4 Å². The van der Waals surface area contributed by atoms with Gasteiger partial charge < -0.3 is 19.3 Å². The molecule has 0 unspecified atom stereocenters. The molecule has 0 aliphatic carbocycles. The summed E-state index contributed by atoms with van der Waals surface area (Å²) in [6.07, 6.45) is 3.23. The molecule has 7 nitrogen and oxygen atoms in total. The fourth-order valence-corrected chi connectivity index (χ4v) is 1.89. The largest absolute Gasteiger partial charge is 0.466 e. The second-order valence-electron chi connectivity index (χ2n) is 6.02. The van der Waals surface area contributed by atoms with Crippen LogP contribution in [-0.2, 0) is 28.6 Å². The number of hydrogen-bond donors (Lipinski definition) is 1. The molecule has 0 heterocycles. The van der Waals surface area contributed by atoms with Crippen LogP contribution in [-0.4, -0.2) is 48.4 Å². The van der Waals surface area contributed by atoms with Gasteiger partial charge in [0.1, 0.15) is 0 Å². The van der Waals surface area contributed by atoms with E-state index in [1.54, 1.807) is 0 Å². The van der Waals surface area contributed by atoms with Gasteiger partial charge in [0.05, 0.1) is 32.7 Å². The van der Waals surface area contributed by atoms with Gasteiger partial charge in [-0.1, -0.05) is 47.5 Å². The van der Waals surface area contributed by atoms with Crippen molar-refractivity contribution in [2.75, 3.05) is 19.8 Å². The average molecular weight is 376 g/mol. The summed E-state index contributed by atoms with van der Waals surface area (Å²) in [6, 6.07) is 0. The number of hydrogen-bond acceptors (Lipinski definition) is 7. The van der Waals surface area contributed by atoms with E-state index in [0.29, 0.717) is 19.3 Å². The van der Waals surface area contributed by atoms with E-state index in [1.165, 1.54) is 0 Å². The first kappa shape index (κ1) is 26.6. The normalized spacial score (nSPS) is 10.6. The van der Waals surface area contributed by atoms with E-state index in [1.807, 2.05) is 20.8 Å². The number of aliphatic hydroxyl groups is 1. The van der Waals surface area contributed by atoms with Crippen LogP contribution >= 0.6 is 0 Å². The molecule has 26 heavy (non-hydrogen) atoms. The lowest BCUT2D eigenvalue weighted by atomic mass is 9.95. The summed E-state index contributed by atoms with van der Waals surface area (Å²) in [5, 5.41) is 10.6. The Bertz CT molecular complexity index is 383. The van der Waals surface area contributed by atoms with Gasteiger partial charge in [-0.2, -0.15) is 0 Å². The van der Waals surface area contributed by atoms with Crippen molar-refractivity contribution in [1.82, 2.24) is 0 Å². The summed E-state index contributed by atoms with van der Waals surface area (Å²) < 4.78 is 14.9. The lowest BCUT2D eigenvalue weighted by Gasteiger charge is -2.24. The van der Waals surface area contributed by atoms with Crippen molar-refractivity contribution in [3.63, 3.8) is 0 Å². The Morgan fingerprint density at radius 3 is 1.42 bits per heavy atom. The first-order chi connectivity index (χ1) is 11.9. The van der Waals surface area contributed by atoms with Crippen LogP contribution in [0.15, 0.2) is 0 Å². The lowest BCUT2D eigenvalue weighted by molar-refractivity contribution is -0.178. The summed E-state index contributed by atoms with van der Waals surface area (Å²) in [5.74, 6) is -2.49. The first-order valence-corrected chi connectivity index (χ1v) is 9.10. The topological polar surface area (TPSA) is 99.1 Å². The molecule has 0 aromatic carbocycles. The molecule has 0 amide bonds. The zero-order chi connectivity index (χ0) is 19.1. The minimum atomic E-state index is -2.26. The number of ether oxygens (including phenoxy) is 3. The Labute approximate surface area is 157 Å². The molecule has 0 radical (unpaired) electrons. The highest BCUT2D eigenvalue weighted by molar-refractivity contribution is 5.90. The highest BCUT2D eigenvalue weighted by Crippen LogP contribution is 2.20. The minimum Gasteiger partial charge on any atom is -0.466 e. The van der Waals surface area contributed by atoms with Gasteiger partial charge in [0.25, 0.3) is 0 Å². The third-order valence-electron chi connectivity index (χ3n) is 3.51. The maximum atomic E-state index is 12.2. The Balaban J connectivity index is 0. The molecule has 0 aliphatic rings. The van der Waals surface area contributed by atoms with Crippen LogP contribution in [0.2, 0.25) is 0 Å². The predicted octanol–water partition coefficient (Wildman–Crippen LogP) is 3.16. The van der Waals surface area contributed by atoms with Crippen molar-refractivity contribution in [3.05, 3.63) is 0 Å². The Hall–Kier alpha value is -1.63. The van der Waals surface area contributed by atoms with Crippen LogP contribution < -0.4 is 0 Å². The van der Waals surface area contributed by atoms with Crippen LogP contribution in [0.1, 0.15) is 79.6 Å². The first-order valence-electron chi connectivity index (χ1n) is 9.10. The lowest BCUT2D eigenvalue weighted by Crippen LogP contribution is -2.45. The zero-order valence-corrected chi connectivity index (χ0v) is 15.7. The molecule has 0 aromatic heterocycles. The van der Waals surface area contributed by atoms with Crippen molar-refractivity contribution < 1.29 is 33.7 Å². The van der Waals surface area contributed by atoms with Gasteiger partial charge in [-0.25, -0.2) is 4.79 Å². The monoisotopic (exact) mass is 376 g/mol. The Morgan fingerprint density at radius 1 is 0.731 bits per heavy atom. The number of carbonyl (C=O) groups is 3. The minimum absolute atomic E-state index is 0. The summed E-state index contributed by atoms with van der Waals surface area (Å²) in [4.78, 5) is 35.9. The third kappa shape index (κ3) is 11.8. The van der Waals surface area contributed by atoms with Crippen molar-refractivity contribution in [1.29, 1.82) is 0 Å². The molecule has 1 N–H and O–H groups in total. The summed E-state index contributed by atoms with van der Waals surface area (Å²) in [6.45, 7) is 6.35. The highest BCUT2D eigenvalue weighted by Gasteiger charge is 2.43. The maximum absolute atomic E-state index is 12.2. The van der Waals surface area contributed by atoms with Crippen molar-refractivity contribution >= 4 is 17.9 Å². The van der Waals surface area contributed by atoms with Crippen LogP contribution in [0.3, 0.4) is 0 Å². The third-order valence-corrected chi connectivity index (χ3v) is 3.51. The van der Waals surface area contributed by atoms with Gasteiger partial charge >= 0.3 is 17.9 Å². The summed E-state index contributed by atoms with van der Waals surface area (Å²) >= 11 is 0. The second-order valence-corrected chi connectivity index (χ2v) is 6.02. The van der Waals surface area contributed by atoms with E-state index in [-0.39, 0.29) is 27.2 Å². The molecular formula is C19H36O7. The number of carbonyl (C=O) groups excluding carboxylic acids is 3. The van der Waals surface area contributed by atoms with Gasteiger partial charge in [-0.15, -0.1) is 0 Å². The average Bonchev–Trinajstić information content (AvgIpc) is 2.55. The highest BCUT2D eigenvalue weighted by atomic mass is 16.6. The number of unbranched alkanes of at least 4 members (excludes halogenated alkanes) is 3. The van der Waals surface area contributed by atoms with E-state index in [4.69, 9.17) is 14.2 Å². The van der Waals surface area contributed by atoms with E-state index in [9.17, 15) is 19.5 Å². The van der Waals surface area contributed by atoms with E-state index >= 15 is 0 Å². The van der Waals surface area contributed by atoms with Crippen LogP contribution in [0, 0.1) is 0 Å². The molecular weight excluding hydrogens is 340 g/mol.